The van der Waals surface area contributed by atoms with Gasteiger partial charge in [-0.3, -0.25) is 0 Å². The van der Waals surface area contributed by atoms with Gasteiger partial charge in [-0.2, -0.15) is 0 Å². The molecule has 0 unspecified atom stereocenters. The highest BCUT2D eigenvalue weighted by Gasteiger charge is 2.36. The first-order valence-electron chi connectivity index (χ1n) is 13.9. The van der Waals surface area contributed by atoms with Gasteiger partial charge in [0.1, 0.15) is 24.6 Å². The molecule has 39 heavy (non-hydrogen) atoms. The average molecular weight is 564 g/mol. The Morgan fingerprint density at radius 3 is 2.38 bits per heavy atom. The molecule has 0 saturated heterocycles. The van der Waals surface area contributed by atoms with E-state index in [9.17, 15) is 9.90 Å². The molecule has 0 fully saturated rings. The fourth-order valence-electron chi connectivity index (χ4n) is 7.69. The summed E-state index contributed by atoms with van der Waals surface area (Å²) < 4.78 is 9.60. The molecule has 5 aliphatic heterocycles. The molecule has 1 N–H and O–H groups in total. The number of anilines is 1. The number of aromatic carboxylic acids is 1. The Morgan fingerprint density at radius 2 is 1.56 bits per heavy atom. The lowest BCUT2D eigenvalue weighted by Gasteiger charge is -2.39. The Labute approximate surface area is 240 Å². The number of carboxylic acid groups (broad SMARTS) is 1. The first kappa shape index (κ1) is 26.2. The molecule has 3 aromatic rings. The topological polar surface area (TPSA) is 52.8 Å². The van der Waals surface area contributed by atoms with Gasteiger partial charge in [-0.25, -0.2) is 9.37 Å². The Kier molecular flexibility index (Phi) is 6.63. The molecule has 202 valence electrons. The van der Waals surface area contributed by atoms with E-state index in [-0.39, 0.29) is 24.8 Å². The number of hydrogen-bond donors (Lipinski definition) is 1. The molecule has 0 radical (unpaired) electrons. The molecular weight excluding hydrogens is 531 g/mol. The third-order valence-corrected chi connectivity index (χ3v) is 9.11. The summed E-state index contributed by atoms with van der Waals surface area (Å²) in [7, 11) is 0. The Balaban J connectivity index is 0.00000138. The van der Waals surface area contributed by atoms with E-state index in [1.807, 2.05) is 18.2 Å². The van der Waals surface area contributed by atoms with E-state index in [0.29, 0.717) is 5.56 Å². The largest absolute Gasteiger partial charge is 1.00 e. The summed E-state index contributed by atoms with van der Waals surface area (Å²) in [5.41, 5.74) is 10.1. The van der Waals surface area contributed by atoms with Gasteiger partial charge in [0.25, 0.3) is 0 Å². The van der Waals surface area contributed by atoms with Crippen LogP contribution in [0.4, 0.5) is 5.69 Å². The van der Waals surface area contributed by atoms with Crippen molar-refractivity contribution in [1.29, 1.82) is 0 Å². The zero-order valence-electron chi connectivity index (χ0n) is 21.9. The van der Waals surface area contributed by atoms with Crippen LogP contribution in [-0.4, -0.2) is 37.3 Å². The third-order valence-electron chi connectivity index (χ3n) is 9.11. The molecule has 7 heteroatoms. The lowest BCUT2D eigenvalue weighted by Crippen LogP contribution is -3.00. The van der Waals surface area contributed by atoms with Crippen molar-refractivity contribution in [3.8, 4) is 11.5 Å². The van der Waals surface area contributed by atoms with Crippen LogP contribution in [0.1, 0.15) is 69.4 Å². The second-order valence-electron chi connectivity index (χ2n) is 11.2. The van der Waals surface area contributed by atoms with E-state index >= 15 is 0 Å². The molecule has 0 amide bonds. The Hall–Kier alpha value is -3.02. The number of aryl methyl sites for hydroxylation is 2. The fourth-order valence-corrected chi connectivity index (χ4v) is 7.69. The summed E-state index contributed by atoms with van der Waals surface area (Å²) in [6.07, 6.45) is 8.74. The van der Waals surface area contributed by atoms with Crippen LogP contribution < -0.4 is 37.2 Å². The van der Waals surface area contributed by atoms with E-state index in [1.54, 1.807) is 6.07 Å². The first-order chi connectivity index (χ1) is 18.2. The number of carboxylic acids is 1. The van der Waals surface area contributed by atoms with Crippen LogP contribution in [0.15, 0.2) is 36.4 Å². The summed E-state index contributed by atoms with van der Waals surface area (Å²) >= 11 is 0. The molecule has 0 atom stereocenters. The van der Waals surface area contributed by atoms with Crippen molar-refractivity contribution >= 4 is 29.6 Å². The zero-order chi connectivity index (χ0) is 24.7. The molecule has 0 spiro atoms. The summed E-state index contributed by atoms with van der Waals surface area (Å²) in [4.78, 5) is 15.0. The molecule has 0 saturated carbocycles. The van der Waals surface area contributed by atoms with Crippen molar-refractivity contribution in [2.75, 3.05) is 31.1 Å². The quantitative estimate of drug-likeness (QED) is 0.374. The molecule has 5 nitrogen and oxygen atoms in total. The highest BCUT2D eigenvalue weighted by Crippen LogP contribution is 2.48. The van der Waals surface area contributed by atoms with E-state index in [1.165, 1.54) is 33.3 Å². The van der Waals surface area contributed by atoms with Crippen LogP contribution in [0.2, 0.25) is 0 Å². The molecule has 0 bridgehead atoms. The van der Waals surface area contributed by atoms with Gasteiger partial charge in [-0.05, 0) is 67.9 Å². The minimum atomic E-state index is -0.881. The van der Waals surface area contributed by atoms with Gasteiger partial charge in [-0.15, -0.1) is 12.4 Å². The standard InChI is InChI=1S/C32H30N2O3.2ClH/c35-32(36)22-10-2-1-9-21(22)27-25-17-19-7-3-13-33-15-5-11-23(28(19)33)30(25)37-31-24-12-6-16-34-14-4-8-20(29(24)34)18-26(27)31;;/h1-2,9-10,17-18H,3-8,11-16H2;2*1H. The van der Waals surface area contributed by atoms with Gasteiger partial charge >= 0.3 is 5.97 Å². The minimum Gasteiger partial charge on any atom is -1.00 e. The van der Waals surface area contributed by atoms with Crippen LogP contribution in [0, 0.1) is 0 Å². The number of nitrogens with zero attached hydrogens (tertiary/aromatic N) is 2. The van der Waals surface area contributed by atoms with Crippen LogP contribution in [0.3, 0.4) is 0 Å². The number of benzene rings is 3. The van der Waals surface area contributed by atoms with Crippen molar-refractivity contribution in [2.45, 2.75) is 51.4 Å². The molecule has 5 aliphatic rings. The van der Waals surface area contributed by atoms with E-state index < -0.39 is 5.97 Å². The van der Waals surface area contributed by atoms with Gasteiger partial charge in [0, 0.05) is 59.1 Å². The number of fused-ring (bicyclic) bond motifs is 4. The van der Waals surface area contributed by atoms with E-state index in [2.05, 4.69) is 21.6 Å². The molecule has 0 aromatic heterocycles. The van der Waals surface area contributed by atoms with Crippen LogP contribution in [0.25, 0.3) is 5.57 Å². The molecule has 5 heterocycles. The van der Waals surface area contributed by atoms with Gasteiger partial charge in [0.05, 0.1) is 11.1 Å². The number of ether oxygens (including phenoxy) is 1. The Bertz CT molecular complexity index is 1660. The highest BCUT2D eigenvalue weighted by atomic mass is 35.5. The highest BCUT2D eigenvalue weighted by molar-refractivity contribution is 5.99. The number of rotatable bonds is 2. The third kappa shape index (κ3) is 3.81. The van der Waals surface area contributed by atoms with Crippen molar-refractivity contribution in [1.82, 2.24) is 4.58 Å². The van der Waals surface area contributed by atoms with E-state index in [0.717, 1.165) is 111 Å². The van der Waals surface area contributed by atoms with Crippen LogP contribution >= 0.6 is 12.4 Å². The lowest BCUT2D eigenvalue weighted by atomic mass is 9.82. The maximum absolute atomic E-state index is 12.4. The monoisotopic (exact) mass is 562 g/mol. The van der Waals surface area contributed by atoms with Crippen LogP contribution in [0.5, 0.6) is 11.5 Å². The summed E-state index contributed by atoms with van der Waals surface area (Å²) in [6.45, 7) is 4.45. The number of carbonyl (C=O) groups is 1. The molecule has 0 aliphatic carbocycles. The molecular formula is C32H32Cl2N2O3. The van der Waals surface area contributed by atoms with Crippen molar-refractivity contribution in [2.24, 2.45) is 0 Å². The second-order valence-corrected chi connectivity index (χ2v) is 11.2. The summed E-state index contributed by atoms with van der Waals surface area (Å²) in [5.74, 6) is 1.06. The molecule has 8 rings (SSSR count). The molecule has 3 aromatic carbocycles. The average Bonchev–Trinajstić information content (AvgIpc) is 2.93. The minimum absolute atomic E-state index is 0. The fraction of sp³-hybridized carbons (Fsp3) is 0.375. The summed E-state index contributed by atoms with van der Waals surface area (Å²) in [5, 5.41) is 12.7. The zero-order valence-corrected chi connectivity index (χ0v) is 23.5. The van der Waals surface area contributed by atoms with Crippen molar-refractivity contribution < 1.29 is 27.0 Å². The number of hydrogen-bond acceptors (Lipinski definition) is 3. The smallest absolute Gasteiger partial charge is 0.336 e. The maximum Gasteiger partial charge on any atom is 0.336 e. The van der Waals surface area contributed by atoms with Gasteiger partial charge < -0.3 is 27.2 Å². The normalized spacial score (nSPS) is 17.9. The van der Waals surface area contributed by atoms with Gasteiger partial charge in [0.15, 0.2) is 0 Å². The predicted octanol–water partition coefficient (Wildman–Crippen LogP) is 1.25. The van der Waals surface area contributed by atoms with E-state index in [4.69, 9.17) is 4.74 Å². The van der Waals surface area contributed by atoms with Crippen LogP contribution in [-0.2, 0) is 25.7 Å². The number of halogens is 2. The summed E-state index contributed by atoms with van der Waals surface area (Å²) in [6, 6.07) is 12.2. The SMILES string of the molecule is Cl.O=C(O)c1ccccc1C1=c2cc3c4c(c2Oc2c1cc1c5c2CCCN5CCC1)CCC[N+]=4CCC3.[Cl-]. The van der Waals surface area contributed by atoms with Gasteiger partial charge in [0.2, 0.25) is 5.36 Å². The Morgan fingerprint density at radius 1 is 0.846 bits per heavy atom. The van der Waals surface area contributed by atoms with Gasteiger partial charge in [-0.1, -0.05) is 18.2 Å². The van der Waals surface area contributed by atoms with Crippen molar-refractivity contribution in [3.63, 3.8) is 0 Å². The second kappa shape index (κ2) is 9.87. The van der Waals surface area contributed by atoms with Crippen molar-refractivity contribution in [3.05, 3.63) is 85.9 Å². The maximum atomic E-state index is 12.4. The first-order valence-corrected chi connectivity index (χ1v) is 13.9. The predicted molar refractivity (Wildman–Crippen MR) is 151 cm³/mol. The lowest BCUT2D eigenvalue weighted by molar-refractivity contribution is -0.0000233.